The van der Waals surface area contributed by atoms with Gasteiger partial charge >= 0.3 is 0 Å². The van der Waals surface area contributed by atoms with Crippen LogP contribution in [-0.2, 0) is 5.41 Å². The minimum absolute atomic E-state index is 0.0334. The quantitative estimate of drug-likeness (QED) is 0.229. The topological polar surface area (TPSA) is 3.24 Å². The number of benzene rings is 5. The van der Waals surface area contributed by atoms with Crippen LogP contribution in [0.1, 0.15) is 18.9 Å². The second kappa shape index (κ2) is 10.4. The Hall–Kier alpha value is -4.62. The third-order valence-electron chi connectivity index (χ3n) is 7.48. The van der Waals surface area contributed by atoms with Crippen molar-refractivity contribution in [2.45, 2.75) is 18.8 Å². The summed E-state index contributed by atoms with van der Waals surface area (Å²) in [5.41, 5.74) is 9.55. The van der Waals surface area contributed by atoms with Gasteiger partial charge in [-0.25, -0.2) is 0 Å². The summed E-state index contributed by atoms with van der Waals surface area (Å²) in [6, 6.07) is 47.9. The first kappa shape index (κ1) is 23.8. The van der Waals surface area contributed by atoms with Crippen molar-refractivity contribution in [3.8, 4) is 22.3 Å². The average Bonchev–Trinajstić information content (AvgIpc) is 2.99. The molecule has 0 bridgehead atoms. The minimum Gasteiger partial charge on any atom is -0.309 e. The number of anilines is 3. The summed E-state index contributed by atoms with van der Waals surface area (Å²) in [6.07, 6.45) is 9.90. The molecule has 5 aromatic rings. The molecule has 0 aliphatic heterocycles. The Kier molecular flexibility index (Phi) is 6.50. The Labute approximate surface area is 226 Å². The standard InChI is InChI=1S/C37H31N/c1-37(26-13-4-14-27-37)31-20-15-21-32(28-31)38(35-24-11-9-22-33(35)29-16-5-2-6-17-29)36-25-12-10-23-34(36)30-18-7-3-8-19-30/h2-26,28H,27H2,1H3. The Morgan fingerprint density at radius 3 is 1.66 bits per heavy atom. The van der Waals surface area contributed by atoms with E-state index in [0.29, 0.717) is 0 Å². The molecule has 5 aromatic carbocycles. The van der Waals surface area contributed by atoms with Crippen LogP contribution in [0.3, 0.4) is 0 Å². The predicted molar refractivity (Wildman–Crippen MR) is 162 cm³/mol. The fourth-order valence-corrected chi connectivity index (χ4v) is 5.41. The number of hydrogen-bond acceptors (Lipinski definition) is 1. The van der Waals surface area contributed by atoms with Crippen molar-refractivity contribution in [2.75, 3.05) is 4.90 Å². The van der Waals surface area contributed by atoms with E-state index in [1.807, 2.05) is 0 Å². The molecule has 0 aromatic heterocycles. The molecule has 0 saturated heterocycles. The summed E-state index contributed by atoms with van der Waals surface area (Å²) in [5, 5.41) is 0. The Bertz CT molecular complexity index is 1510. The molecule has 0 radical (unpaired) electrons. The molecule has 1 atom stereocenters. The zero-order chi connectivity index (χ0) is 25.8. The molecule has 0 N–H and O–H groups in total. The molecule has 0 heterocycles. The normalized spacial score (nSPS) is 16.3. The molecule has 184 valence electrons. The van der Waals surface area contributed by atoms with Crippen molar-refractivity contribution in [3.05, 3.63) is 163 Å². The summed E-state index contributed by atoms with van der Waals surface area (Å²) in [4.78, 5) is 2.43. The summed E-state index contributed by atoms with van der Waals surface area (Å²) >= 11 is 0. The fraction of sp³-hybridized carbons (Fsp3) is 0.0811. The highest BCUT2D eigenvalue weighted by molar-refractivity contribution is 5.93. The van der Waals surface area contributed by atoms with Gasteiger partial charge < -0.3 is 4.90 Å². The van der Waals surface area contributed by atoms with E-state index in [0.717, 1.165) is 23.5 Å². The number of para-hydroxylation sites is 2. The molecule has 1 unspecified atom stereocenters. The van der Waals surface area contributed by atoms with E-state index in [2.05, 4.69) is 170 Å². The monoisotopic (exact) mass is 489 g/mol. The first-order valence-electron chi connectivity index (χ1n) is 13.3. The SMILES string of the molecule is CC1(c2cccc(N(c3ccccc3-c3ccccc3)c3ccccc3-c3ccccc3)c2)C=CC=CC1. The van der Waals surface area contributed by atoms with Gasteiger partial charge in [0.05, 0.1) is 11.4 Å². The van der Waals surface area contributed by atoms with Crippen molar-refractivity contribution in [1.29, 1.82) is 0 Å². The number of nitrogens with zero attached hydrogens (tertiary/aromatic N) is 1. The minimum atomic E-state index is -0.0334. The van der Waals surface area contributed by atoms with Crippen LogP contribution in [0.5, 0.6) is 0 Å². The van der Waals surface area contributed by atoms with Gasteiger partial charge in [-0.3, -0.25) is 0 Å². The molecule has 0 spiro atoms. The lowest BCUT2D eigenvalue weighted by molar-refractivity contribution is 0.600. The number of allylic oxidation sites excluding steroid dienone is 4. The average molecular weight is 490 g/mol. The van der Waals surface area contributed by atoms with Gasteiger partial charge in [0.15, 0.2) is 0 Å². The predicted octanol–water partition coefficient (Wildman–Crippen LogP) is 10.3. The van der Waals surface area contributed by atoms with Crippen LogP contribution in [0.4, 0.5) is 17.1 Å². The van der Waals surface area contributed by atoms with Gasteiger partial charge in [0.25, 0.3) is 0 Å². The second-order valence-corrected chi connectivity index (χ2v) is 10.1. The third-order valence-corrected chi connectivity index (χ3v) is 7.48. The van der Waals surface area contributed by atoms with E-state index in [4.69, 9.17) is 0 Å². The first-order valence-corrected chi connectivity index (χ1v) is 13.3. The maximum Gasteiger partial charge on any atom is 0.0540 e. The molecule has 0 saturated carbocycles. The summed E-state index contributed by atoms with van der Waals surface area (Å²) < 4.78 is 0. The molecule has 1 nitrogen and oxygen atoms in total. The lowest BCUT2D eigenvalue weighted by atomic mass is 9.77. The van der Waals surface area contributed by atoms with Crippen LogP contribution in [-0.4, -0.2) is 0 Å². The molecule has 0 fully saturated rings. The van der Waals surface area contributed by atoms with Crippen molar-refractivity contribution in [1.82, 2.24) is 0 Å². The second-order valence-electron chi connectivity index (χ2n) is 10.1. The molecule has 1 heteroatoms. The molecule has 6 rings (SSSR count). The number of rotatable bonds is 6. The van der Waals surface area contributed by atoms with Crippen LogP contribution >= 0.6 is 0 Å². The van der Waals surface area contributed by atoms with E-state index in [-0.39, 0.29) is 5.41 Å². The van der Waals surface area contributed by atoms with E-state index in [9.17, 15) is 0 Å². The smallest absolute Gasteiger partial charge is 0.0540 e. The highest BCUT2D eigenvalue weighted by atomic mass is 15.1. The Morgan fingerprint density at radius 1 is 0.553 bits per heavy atom. The zero-order valence-electron chi connectivity index (χ0n) is 21.7. The molecular formula is C37H31N. The Morgan fingerprint density at radius 2 is 1.11 bits per heavy atom. The van der Waals surface area contributed by atoms with Gasteiger partial charge in [-0.05, 0) is 47.4 Å². The highest BCUT2D eigenvalue weighted by Gasteiger charge is 2.26. The van der Waals surface area contributed by atoms with Crippen LogP contribution in [0, 0.1) is 0 Å². The third kappa shape index (κ3) is 4.60. The number of hydrogen-bond donors (Lipinski definition) is 0. The lowest BCUT2D eigenvalue weighted by Gasteiger charge is -2.32. The molecule has 1 aliphatic rings. The van der Waals surface area contributed by atoms with Crippen molar-refractivity contribution >= 4 is 17.1 Å². The van der Waals surface area contributed by atoms with E-state index < -0.39 is 0 Å². The van der Waals surface area contributed by atoms with Crippen molar-refractivity contribution < 1.29 is 0 Å². The molecular weight excluding hydrogens is 458 g/mol. The lowest BCUT2D eigenvalue weighted by Crippen LogP contribution is -2.20. The maximum atomic E-state index is 2.43. The van der Waals surface area contributed by atoms with Crippen LogP contribution in [0.25, 0.3) is 22.3 Å². The van der Waals surface area contributed by atoms with Crippen LogP contribution in [0.2, 0.25) is 0 Å². The molecule has 0 amide bonds. The van der Waals surface area contributed by atoms with Crippen molar-refractivity contribution in [3.63, 3.8) is 0 Å². The summed E-state index contributed by atoms with van der Waals surface area (Å²) in [6.45, 7) is 2.33. The maximum absolute atomic E-state index is 2.43. The van der Waals surface area contributed by atoms with Gasteiger partial charge in [0.2, 0.25) is 0 Å². The molecule has 1 aliphatic carbocycles. The van der Waals surface area contributed by atoms with E-state index >= 15 is 0 Å². The first-order chi connectivity index (χ1) is 18.7. The van der Waals surface area contributed by atoms with Gasteiger partial charge in [-0.2, -0.15) is 0 Å². The highest BCUT2D eigenvalue weighted by Crippen LogP contribution is 2.45. The van der Waals surface area contributed by atoms with Gasteiger partial charge in [-0.15, -0.1) is 0 Å². The van der Waals surface area contributed by atoms with Gasteiger partial charge in [-0.1, -0.05) is 140 Å². The van der Waals surface area contributed by atoms with Crippen LogP contribution < -0.4 is 4.90 Å². The van der Waals surface area contributed by atoms with Crippen LogP contribution in [0.15, 0.2) is 158 Å². The fourth-order valence-electron chi connectivity index (χ4n) is 5.41. The Balaban J connectivity index is 1.59. The molecule has 38 heavy (non-hydrogen) atoms. The van der Waals surface area contributed by atoms with E-state index in [1.54, 1.807) is 0 Å². The van der Waals surface area contributed by atoms with E-state index in [1.165, 1.54) is 27.8 Å². The van der Waals surface area contributed by atoms with Crippen molar-refractivity contribution in [2.24, 2.45) is 0 Å². The summed E-state index contributed by atoms with van der Waals surface area (Å²) in [5.74, 6) is 0. The van der Waals surface area contributed by atoms with Gasteiger partial charge in [0.1, 0.15) is 0 Å². The van der Waals surface area contributed by atoms with Gasteiger partial charge in [0, 0.05) is 22.2 Å². The zero-order valence-corrected chi connectivity index (χ0v) is 21.7. The summed E-state index contributed by atoms with van der Waals surface area (Å²) in [7, 11) is 0. The largest absolute Gasteiger partial charge is 0.309 e.